The molecule has 0 atom stereocenters. The molecule has 0 heterocycles. The van der Waals surface area contributed by atoms with Gasteiger partial charge in [-0.05, 0) is 71.2 Å². The van der Waals surface area contributed by atoms with Gasteiger partial charge in [0.1, 0.15) is 0 Å². The Morgan fingerprint density at radius 1 is 0.424 bits per heavy atom. The summed E-state index contributed by atoms with van der Waals surface area (Å²) in [4.78, 5) is 8.63. The molecular formula is C46H50Au2Cl2N2O8P2S4-4. The number of aryl methyl sites for hydroxylation is 2. The Kier molecular flexibility index (Phi) is 27.6. The van der Waals surface area contributed by atoms with Crippen LogP contribution in [0.1, 0.15) is 11.1 Å². The van der Waals surface area contributed by atoms with Crippen molar-refractivity contribution in [1.29, 1.82) is 0 Å². The van der Waals surface area contributed by atoms with E-state index in [1.54, 1.807) is 165 Å². The summed E-state index contributed by atoms with van der Waals surface area (Å²) in [6.07, 6.45) is 4.07. The molecular weight excluding hydrogens is 1360 g/mol. The van der Waals surface area contributed by atoms with Crippen LogP contribution < -0.4 is 49.2 Å². The molecule has 0 fully saturated rings. The number of aliphatic imine (C=N–C) groups is 2. The minimum absolute atomic E-state index is 0. The summed E-state index contributed by atoms with van der Waals surface area (Å²) in [6.45, 7) is 11.8. The normalized spacial score (nSPS) is 12.8. The Bertz CT molecular complexity index is 2120. The predicted molar refractivity (Wildman–Crippen MR) is 263 cm³/mol. The second-order valence-electron chi connectivity index (χ2n) is 13.6. The average molecular weight is 1410 g/mol. The molecule has 0 saturated carbocycles. The number of nitrogens with zero attached hydrogens (tertiary/aromatic N) is 2. The SMILES string of the molecule is CSSC=Nc1ccccc1C.CSSC=Nc1ccccc1C.[Au].[Au].[CH2-]P([CH2-])(O[Cl+3]([O-])([O-])[O-])(c1ccccc1)c1ccccc1.[CH2-]P([CH2-])(O[Cl+3]([O-])([O-])[O-])(c1ccccc1)c1ccccc1. The summed E-state index contributed by atoms with van der Waals surface area (Å²) in [5, 5.41) is 1.93. The van der Waals surface area contributed by atoms with Gasteiger partial charge >= 0.3 is 239 Å². The fourth-order valence-corrected chi connectivity index (χ4v) is 15.5. The van der Waals surface area contributed by atoms with Gasteiger partial charge in [0, 0.05) is 44.8 Å². The monoisotopic (exact) mass is 1410 g/mol. The molecule has 2 radical (unpaired) electrons. The first-order chi connectivity index (χ1) is 30.1. The van der Waals surface area contributed by atoms with Gasteiger partial charge in [0.15, 0.2) is 0 Å². The standard InChI is InChI=1S/2C14H14ClO4P.2C9H11NS2.2Au/c2*1-20(2,19-15(16,17)18,13-9-5-3-6-10-13)14-11-7-4-8-12-14;2*1-8-5-3-4-6-9(8)10-7-12-11-2;;/h2*3-12H,1-2H2;2*3-7H,1-2H3;;/q2*-2;;;;. The number of hydrogen-bond acceptors (Lipinski definition) is 14. The van der Waals surface area contributed by atoms with Gasteiger partial charge in [-0.15, -0.1) is 0 Å². The Labute approximate surface area is 441 Å². The van der Waals surface area contributed by atoms with Gasteiger partial charge in [0.25, 0.3) is 0 Å². The molecule has 6 aromatic carbocycles. The molecule has 0 aliphatic rings. The fraction of sp³-hybridized carbons (Fsp3) is 0.0870. The van der Waals surface area contributed by atoms with Crippen LogP contribution in [0.15, 0.2) is 180 Å². The van der Waals surface area contributed by atoms with Gasteiger partial charge in [-0.25, -0.2) is 9.98 Å². The Morgan fingerprint density at radius 3 is 0.864 bits per heavy atom. The minimum atomic E-state index is -4.66. The number of benzene rings is 6. The van der Waals surface area contributed by atoms with E-state index in [1.165, 1.54) is 11.1 Å². The van der Waals surface area contributed by atoms with Crippen LogP contribution in [0.3, 0.4) is 0 Å². The van der Waals surface area contributed by atoms with Crippen LogP contribution in [0, 0.1) is 61.0 Å². The second kappa shape index (κ2) is 29.1. The van der Waals surface area contributed by atoms with E-state index in [0.29, 0.717) is 21.2 Å². The van der Waals surface area contributed by atoms with Crippen molar-refractivity contribution < 1.29 is 101 Å². The number of para-hydroxylation sites is 2. The van der Waals surface area contributed by atoms with Crippen molar-refractivity contribution >= 4 is 101 Å². The first-order valence-corrected chi connectivity index (χ1v) is 31.4. The Morgan fingerprint density at radius 2 is 0.652 bits per heavy atom. The molecule has 0 saturated heterocycles. The molecule has 0 aliphatic heterocycles. The zero-order valence-electron chi connectivity index (χ0n) is 36.2. The van der Waals surface area contributed by atoms with Crippen LogP contribution in [0.4, 0.5) is 11.4 Å². The third-order valence-electron chi connectivity index (χ3n) is 8.82. The third-order valence-corrected chi connectivity index (χ3v) is 21.3. The van der Waals surface area contributed by atoms with Crippen molar-refractivity contribution in [2.75, 3.05) is 12.5 Å². The van der Waals surface area contributed by atoms with Gasteiger partial charge in [0.05, 0.1) is 22.5 Å². The summed E-state index contributed by atoms with van der Waals surface area (Å²) in [7, 11) is -2.65. The molecule has 0 amide bonds. The summed E-state index contributed by atoms with van der Waals surface area (Å²) in [5.41, 5.74) is 8.28. The van der Waals surface area contributed by atoms with Gasteiger partial charge in [-0.2, -0.15) is 0 Å². The van der Waals surface area contributed by atoms with E-state index in [0.717, 1.165) is 11.4 Å². The fourth-order valence-electron chi connectivity index (χ4n) is 5.62. The maximum absolute atomic E-state index is 11.1. The average Bonchev–Trinajstić information content (AvgIpc) is 3.26. The van der Waals surface area contributed by atoms with Crippen molar-refractivity contribution in [2.24, 2.45) is 9.98 Å². The molecule has 0 unspecified atom stereocenters. The molecule has 366 valence electrons. The van der Waals surface area contributed by atoms with Crippen LogP contribution in [-0.2, 0) is 52.9 Å². The Hall–Kier alpha value is -1.34. The summed E-state index contributed by atoms with van der Waals surface area (Å²) < 4.78 is 76.6. The molecule has 0 aromatic heterocycles. The molecule has 0 aliphatic carbocycles. The Balaban J connectivity index is 0.000000448. The van der Waals surface area contributed by atoms with E-state index in [9.17, 15) is 28.0 Å². The predicted octanol–water partition coefficient (Wildman–Crippen LogP) is 6.53. The van der Waals surface area contributed by atoms with Crippen molar-refractivity contribution in [1.82, 2.24) is 0 Å². The van der Waals surface area contributed by atoms with Crippen molar-refractivity contribution in [3.8, 4) is 0 Å². The molecule has 10 nitrogen and oxygen atoms in total. The number of hydrogen-bond donors (Lipinski definition) is 0. The molecule has 0 bridgehead atoms. The maximum atomic E-state index is 11.1. The van der Waals surface area contributed by atoms with Crippen LogP contribution >= 0.6 is 56.8 Å². The van der Waals surface area contributed by atoms with Crippen LogP contribution in [0.25, 0.3) is 0 Å². The third kappa shape index (κ3) is 20.2. The van der Waals surface area contributed by atoms with Gasteiger partial charge in [-0.1, -0.05) is 58.0 Å². The number of halogens is 2. The molecule has 66 heavy (non-hydrogen) atoms. The van der Waals surface area contributed by atoms with Crippen molar-refractivity contribution in [3.05, 3.63) is 208 Å². The van der Waals surface area contributed by atoms with Crippen LogP contribution in [-0.4, -0.2) is 23.6 Å². The van der Waals surface area contributed by atoms with Crippen LogP contribution in [0.2, 0.25) is 0 Å². The van der Waals surface area contributed by atoms with E-state index in [1.807, 2.05) is 60.0 Å². The summed E-state index contributed by atoms with van der Waals surface area (Å²) in [5.74, 6) is 0. The van der Waals surface area contributed by atoms with E-state index in [2.05, 4.69) is 62.6 Å². The first kappa shape index (κ1) is 62.7. The molecule has 0 spiro atoms. The van der Waals surface area contributed by atoms with E-state index >= 15 is 0 Å². The zero-order valence-corrected chi connectivity index (χ0v) is 47.1. The molecule has 6 aromatic rings. The summed E-state index contributed by atoms with van der Waals surface area (Å²) >= 11 is 0. The van der Waals surface area contributed by atoms with Crippen LogP contribution in [0.5, 0.6) is 0 Å². The van der Waals surface area contributed by atoms with Gasteiger partial charge in [-0.3, -0.25) is 0 Å². The van der Waals surface area contributed by atoms with E-state index in [-0.39, 0.29) is 44.8 Å². The van der Waals surface area contributed by atoms with Gasteiger partial charge < -0.3 is 0 Å². The summed E-state index contributed by atoms with van der Waals surface area (Å²) in [6, 6.07) is 50.3. The van der Waals surface area contributed by atoms with Gasteiger partial charge in [0.2, 0.25) is 0 Å². The topological polar surface area (TPSA) is 182 Å². The molecule has 20 heteroatoms. The van der Waals surface area contributed by atoms with E-state index in [4.69, 9.17) is 8.15 Å². The van der Waals surface area contributed by atoms with Crippen molar-refractivity contribution in [3.63, 3.8) is 0 Å². The van der Waals surface area contributed by atoms with E-state index < -0.39 is 34.1 Å². The molecule has 0 N–H and O–H groups in total. The quantitative estimate of drug-likeness (QED) is 0.0288. The van der Waals surface area contributed by atoms with Crippen molar-refractivity contribution in [2.45, 2.75) is 13.8 Å². The zero-order chi connectivity index (χ0) is 47.4. The first-order valence-electron chi connectivity index (χ1n) is 18.6. The number of rotatable bonds is 14. The molecule has 6 rings (SSSR count). The second-order valence-corrected chi connectivity index (χ2v) is 28.6.